The van der Waals surface area contributed by atoms with Gasteiger partial charge in [0.05, 0.1) is 11.0 Å². The summed E-state index contributed by atoms with van der Waals surface area (Å²) < 4.78 is 0. The van der Waals surface area contributed by atoms with Gasteiger partial charge in [0.2, 0.25) is 0 Å². The number of carbonyl (C=O) groups is 1. The number of nitrogens with one attached hydrogen (secondary N) is 1. The monoisotopic (exact) mass is 408 g/mol. The van der Waals surface area contributed by atoms with Crippen molar-refractivity contribution in [3.63, 3.8) is 0 Å². The molecule has 1 atom stereocenters. The van der Waals surface area contributed by atoms with Gasteiger partial charge in [-0.1, -0.05) is 23.7 Å². The highest BCUT2D eigenvalue weighted by atomic mass is 35.5. The molecule has 2 aliphatic rings. The number of aromatic nitrogens is 2. The van der Waals surface area contributed by atoms with Gasteiger partial charge in [-0.15, -0.1) is 0 Å². The molecule has 0 saturated carbocycles. The van der Waals surface area contributed by atoms with Crippen LogP contribution in [0.2, 0.25) is 5.02 Å². The molecule has 3 aromatic rings. The molecule has 1 unspecified atom stereocenters. The van der Waals surface area contributed by atoms with Crippen molar-refractivity contribution in [3.8, 4) is 11.4 Å². The van der Waals surface area contributed by atoms with Crippen molar-refractivity contribution in [2.75, 3.05) is 26.2 Å². The Morgan fingerprint density at radius 3 is 2.66 bits per heavy atom. The summed E-state index contributed by atoms with van der Waals surface area (Å²) >= 11 is 6.06. The number of H-pyrrole nitrogens is 1. The highest BCUT2D eigenvalue weighted by Crippen LogP contribution is 2.25. The van der Waals surface area contributed by atoms with E-state index < -0.39 is 0 Å². The third-order valence-corrected chi connectivity index (χ3v) is 6.39. The Balaban J connectivity index is 1.32. The fraction of sp³-hybridized carbons (Fsp3) is 0.391. The molecule has 2 aromatic carbocycles. The van der Waals surface area contributed by atoms with E-state index in [2.05, 4.69) is 19.8 Å². The molecule has 150 valence electrons. The minimum Gasteiger partial charge on any atom is -0.338 e. The minimum atomic E-state index is 0.148. The zero-order chi connectivity index (χ0) is 19.8. The summed E-state index contributed by atoms with van der Waals surface area (Å²) in [5, 5.41) is 0.683. The maximum Gasteiger partial charge on any atom is 0.254 e. The first-order valence-corrected chi connectivity index (χ1v) is 10.8. The van der Waals surface area contributed by atoms with Crippen LogP contribution in [0.5, 0.6) is 0 Å². The van der Waals surface area contributed by atoms with Gasteiger partial charge >= 0.3 is 0 Å². The number of hydrogen-bond acceptors (Lipinski definition) is 3. The Bertz CT molecular complexity index is 1020. The van der Waals surface area contributed by atoms with Gasteiger partial charge in [-0.2, -0.15) is 0 Å². The number of aromatic amines is 1. The summed E-state index contributed by atoms with van der Waals surface area (Å²) in [6, 6.07) is 13.7. The minimum absolute atomic E-state index is 0.148. The average molecular weight is 409 g/mol. The fourth-order valence-corrected chi connectivity index (χ4v) is 4.78. The zero-order valence-electron chi connectivity index (χ0n) is 16.4. The molecule has 3 heterocycles. The predicted octanol–water partition coefficient (Wildman–Crippen LogP) is 4.58. The van der Waals surface area contributed by atoms with Gasteiger partial charge in [-0.3, -0.25) is 4.79 Å². The van der Waals surface area contributed by atoms with Crippen LogP contribution in [0.4, 0.5) is 0 Å². The smallest absolute Gasteiger partial charge is 0.254 e. The maximum absolute atomic E-state index is 13.1. The number of fused-ring (bicyclic) bond motifs is 1. The predicted molar refractivity (Wildman–Crippen MR) is 116 cm³/mol. The quantitative estimate of drug-likeness (QED) is 0.687. The van der Waals surface area contributed by atoms with Crippen molar-refractivity contribution >= 4 is 28.5 Å². The van der Waals surface area contributed by atoms with Crippen LogP contribution in [0.3, 0.4) is 0 Å². The van der Waals surface area contributed by atoms with Gasteiger partial charge in [-0.05, 0) is 69.1 Å². The molecule has 2 aliphatic heterocycles. The molecule has 0 aliphatic carbocycles. The molecular formula is C23H25ClN4O. The molecule has 0 radical (unpaired) electrons. The lowest BCUT2D eigenvalue weighted by atomic mass is 10.1. The number of benzene rings is 2. The number of carbonyl (C=O) groups excluding carboxylic acids is 1. The van der Waals surface area contributed by atoms with E-state index in [1.807, 2.05) is 42.5 Å². The fourth-order valence-electron chi connectivity index (χ4n) is 4.61. The van der Waals surface area contributed by atoms with Gasteiger partial charge in [0.25, 0.3) is 5.91 Å². The molecule has 0 bridgehead atoms. The molecule has 1 amide bonds. The molecular weight excluding hydrogens is 384 g/mol. The number of hydrogen-bond donors (Lipinski definition) is 1. The second-order valence-corrected chi connectivity index (χ2v) is 8.56. The van der Waals surface area contributed by atoms with Crippen molar-refractivity contribution in [2.24, 2.45) is 0 Å². The molecule has 5 rings (SSSR count). The third-order valence-electron chi connectivity index (χ3n) is 6.15. The lowest BCUT2D eigenvalue weighted by Gasteiger charge is -2.28. The van der Waals surface area contributed by atoms with Crippen LogP contribution in [-0.4, -0.2) is 57.9 Å². The first-order chi connectivity index (χ1) is 14.2. The Labute approximate surface area is 175 Å². The van der Waals surface area contributed by atoms with E-state index in [9.17, 15) is 4.79 Å². The number of amides is 1. The molecule has 1 aromatic heterocycles. The van der Waals surface area contributed by atoms with Gasteiger partial charge < -0.3 is 14.8 Å². The van der Waals surface area contributed by atoms with E-state index in [1.54, 1.807) is 0 Å². The third kappa shape index (κ3) is 3.77. The van der Waals surface area contributed by atoms with E-state index in [0.29, 0.717) is 11.1 Å². The maximum atomic E-state index is 13.1. The van der Waals surface area contributed by atoms with Crippen molar-refractivity contribution in [1.29, 1.82) is 0 Å². The first kappa shape index (κ1) is 18.6. The summed E-state index contributed by atoms with van der Waals surface area (Å²) in [5.41, 5.74) is 3.51. The largest absolute Gasteiger partial charge is 0.338 e. The molecule has 5 nitrogen and oxygen atoms in total. The number of halogens is 1. The molecule has 29 heavy (non-hydrogen) atoms. The lowest BCUT2D eigenvalue weighted by Crippen LogP contribution is -2.42. The Morgan fingerprint density at radius 2 is 1.86 bits per heavy atom. The Kier molecular flexibility index (Phi) is 5.02. The van der Waals surface area contributed by atoms with Crippen molar-refractivity contribution in [3.05, 3.63) is 53.1 Å². The second-order valence-electron chi connectivity index (χ2n) is 8.13. The normalized spacial score (nSPS) is 20.0. The molecule has 2 saturated heterocycles. The van der Waals surface area contributed by atoms with Crippen LogP contribution in [0.1, 0.15) is 36.0 Å². The van der Waals surface area contributed by atoms with Crippen molar-refractivity contribution in [1.82, 2.24) is 19.8 Å². The summed E-state index contributed by atoms with van der Waals surface area (Å²) in [6.45, 7) is 4.24. The summed E-state index contributed by atoms with van der Waals surface area (Å²) in [7, 11) is 0. The standard InChI is InChI=1S/C23H25ClN4O/c24-18-9-10-20-21(14-18)26-22(25-20)16-5-7-17(8-6-16)23(29)28-13-3-4-19(28)15-27-11-1-2-12-27/h5-10,14,19H,1-4,11-13,15H2,(H,25,26). The highest BCUT2D eigenvalue weighted by molar-refractivity contribution is 6.31. The second kappa shape index (κ2) is 7.81. The van der Waals surface area contributed by atoms with Crippen LogP contribution >= 0.6 is 11.6 Å². The van der Waals surface area contributed by atoms with Gasteiger partial charge in [0.15, 0.2) is 0 Å². The van der Waals surface area contributed by atoms with E-state index in [1.165, 1.54) is 25.9 Å². The van der Waals surface area contributed by atoms with Crippen LogP contribution in [-0.2, 0) is 0 Å². The van der Waals surface area contributed by atoms with E-state index in [4.69, 9.17) is 11.6 Å². The van der Waals surface area contributed by atoms with Crippen LogP contribution in [0, 0.1) is 0 Å². The van der Waals surface area contributed by atoms with Crippen molar-refractivity contribution in [2.45, 2.75) is 31.7 Å². The number of nitrogens with zero attached hydrogens (tertiary/aromatic N) is 3. The first-order valence-electron chi connectivity index (χ1n) is 10.5. The zero-order valence-corrected chi connectivity index (χ0v) is 17.2. The van der Waals surface area contributed by atoms with E-state index in [0.717, 1.165) is 53.9 Å². The molecule has 2 fully saturated rings. The van der Waals surface area contributed by atoms with E-state index >= 15 is 0 Å². The number of rotatable bonds is 4. The molecule has 0 spiro atoms. The van der Waals surface area contributed by atoms with Gasteiger partial charge in [0.1, 0.15) is 5.82 Å². The molecule has 6 heteroatoms. The highest BCUT2D eigenvalue weighted by Gasteiger charge is 2.31. The van der Waals surface area contributed by atoms with Crippen LogP contribution in [0.25, 0.3) is 22.4 Å². The molecule has 1 N–H and O–H groups in total. The number of likely N-dealkylation sites (tertiary alicyclic amines) is 2. The van der Waals surface area contributed by atoms with E-state index in [-0.39, 0.29) is 5.91 Å². The Hall–Kier alpha value is -2.37. The summed E-state index contributed by atoms with van der Waals surface area (Å²) in [4.78, 5) is 25.7. The topological polar surface area (TPSA) is 52.2 Å². The number of imidazole rings is 1. The Morgan fingerprint density at radius 1 is 1.07 bits per heavy atom. The van der Waals surface area contributed by atoms with Gasteiger partial charge in [-0.25, -0.2) is 4.98 Å². The van der Waals surface area contributed by atoms with Crippen molar-refractivity contribution < 1.29 is 4.79 Å². The van der Waals surface area contributed by atoms with Gasteiger partial charge in [0, 0.05) is 35.3 Å². The summed E-state index contributed by atoms with van der Waals surface area (Å²) in [6.07, 6.45) is 4.79. The SMILES string of the molecule is O=C(c1ccc(-c2nc3ccc(Cl)cc3[nH]2)cc1)N1CCCC1CN1CCCC1. The van der Waals surface area contributed by atoms with Crippen LogP contribution < -0.4 is 0 Å². The van der Waals surface area contributed by atoms with Crippen LogP contribution in [0.15, 0.2) is 42.5 Å². The average Bonchev–Trinajstić information content (AvgIpc) is 3.48. The lowest BCUT2D eigenvalue weighted by molar-refractivity contribution is 0.0709. The summed E-state index contributed by atoms with van der Waals surface area (Å²) in [5.74, 6) is 0.934.